The van der Waals surface area contributed by atoms with E-state index in [1.54, 1.807) is 6.92 Å². The lowest BCUT2D eigenvalue weighted by Gasteiger charge is -2.25. The van der Waals surface area contributed by atoms with Crippen LogP contribution < -0.4 is 15.2 Å². The first-order valence-corrected chi connectivity index (χ1v) is 10.6. The van der Waals surface area contributed by atoms with Crippen molar-refractivity contribution >= 4 is 5.97 Å². The predicted octanol–water partition coefficient (Wildman–Crippen LogP) is 3.41. The lowest BCUT2D eigenvalue weighted by molar-refractivity contribution is -0.145. The largest absolute Gasteiger partial charge is 0.491 e. The molecule has 1 aliphatic rings. The van der Waals surface area contributed by atoms with Crippen LogP contribution in [0.5, 0.6) is 11.5 Å². The quantitative estimate of drug-likeness (QED) is 0.484. The fraction of sp³-hybridized carbons (Fsp3) is 0.458. The third-order valence-electron chi connectivity index (χ3n) is 5.43. The van der Waals surface area contributed by atoms with Gasteiger partial charge in [0, 0.05) is 6.04 Å². The van der Waals surface area contributed by atoms with Crippen molar-refractivity contribution in [1.82, 2.24) is 0 Å². The summed E-state index contributed by atoms with van der Waals surface area (Å²) in [4.78, 5) is 11.6. The van der Waals surface area contributed by atoms with Crippen LogP contribution in [-0.4, -0.2) is 37.0 Å². The first-order valence-electron chi connectivity index (χ1n) is 10.6. The zero-order valence-electron chi connectivity index (χ0n) is 17.5. The smallest absolute Gasteiger partial charge is 0.344 e. The van der Waals surface area contributed by atoms with Gasteiger partial charge in [-0.25, -0.2) is 4.79 Å². The summed E-state index contributed by atoms with van der Waals surface area (Å²) in [6, 6.07) is 15.1. The standard InChI is InChI=1S/C24H31NO5/c1-2-28-23(27)16-30-21-12-11-17-7-6-8-18(24(25)22(17)14-21)13-19(26)15-29-20-9-4-3-5-10-20/h3-5,9-12,14,18-19,24,26H,2,6-8,13,15-16,25H2,1H3/t18?,19-,24?/m0/s1. The minimum atomic E-state index is -0.592. The first-order chi connectivity index (χ1) is 14.6. The number of esters is 1. The lowest BCUT2D eigenvalue weighted by atomic mass is 9.87. The van der Waals surface area contributed by atoms with Crippen LogP contribution in [0.25, 0.3) is 0 Å². The third kappa shape index (κ3) is 6.21. The van der Waals surface area contributed by atoms with E-state index in [4.69, 9.17) is 19.9 Å². The SMILES string of the molecule is CCOC(=O)COc1ccc2c(c1)C(N)C(C[C@H](O)COc1ccccc1)CCC2. The number of benzene rings is 2. The average Bonchev–Trinajstić information content (AvgIpc) is 2.91. The maximum Gasteiger partial charge on any atom is 0.344 e. The molecule has 0 aromatic heterocycles. The molecular weight excluding hydrogens is 382 g/mol. The van der Waals surface area contributed by atoms with E-state index in [0.717, 1.165) is 30.6 Å². The molecule has 0 radical (unpaired) electrons. The van der Waals surface area contributed by atoms with Crippen LogP contribution in [0.4, 0.5) is 0 Å². The van der Waals surface area contributed by atoms with Crippen molar-refractivity contribution in [3.63, 3.8) is 0 Å². The summed E-state index contributed by atoms with van der Waals surface area (Å²) in [5.41, 5.74) is 8.84. The second kappa shape index (κ2) is 11.0. The van der Waals surface area contributed by atoms with E-state index >= 15 is 0 Å². The minimum absolute atomic E-state index is 0.124. The molecule has 3 rings (SSSR count). The van der Waals surface area contributed by atoms with E-state index in [0.29, 0.717) is 18.8 Å². The van der Waals surface area contributed by atoms with Crippen LogP contribution in [0, 0.1) is 5.92 Å². The number of aryl methyl sites for hydroxylation is 1. The van der Waals surface area contributed by atoms with Gasteiger partial charge in [0.1, 0.15) is 18.1 Å². The molecule has 3 N–H and O–H groups in total. The highest BCUT2D eigenvalue weighted by Crippen LogP contribution is 2.36. The number of hydrogen-bond acceptors (Lipinski definition) is 6. The fourth-order valence-corrected chi connectivity index (χ4v) is 3.92. The molecule has 0 fully saturated rings. The van der Waals surface area contributed by atoms with Gasteiger partial charge in [0.05, 0.1) is 12.7 Å². The normalized spacial score (nSPS) is 19.3. The summed E-state index contributed by atoms with van der Waals surface area (Å²) < 4.78 is 16.2. The number of ether oxygens (including phenoxy) is 3. The second-order valence-corrected chi connectivity index (χ2v) is 7.65. The molecule has 30 heavy (non-hydrogen) atoms. The molecule has 1 aliphatic carbocycles. The van der Waals surface area contributed by atoms with Gasteiger partial charge in [-0.2, -0.15) is 0 Å². The molecule has 0 amide bonds. The molecule has 0 bridgehead atoms. The van der Waals surface area contributed by atoms with Gasteiger partial charge in [-0.3, -0.25) is 0 Å². The molecule has 0 heterocycles. The van der Waals surface area contributed by atoms with Crippen LogP contribution >= 0.6 is 0 Å². The number of fused-ring (bicyclic) bond motifs is 1. The highest BCUT2D eigenvalue weighted by atomic mass is 16.6. The Hall–Kier alpha value is -2.57. The number of para-hydroxylation sites is 1. The summed E-state index contributed by atoms with van der Waals surface area (Å²) in [5.74, 6) is 1.10. The van der Waals surface area contributed by atoms with Gasteiger partial charge in [-0.05, 0) is 73.9 Å². The Morgan fingerprint density at radius 1 is 1.17 bits per heavy atom. The fourth-order valence-electron chi connectivity index (χ4n) is 3.92. The lowest BCUT2D eigenvalue weighted by Crippen LogP contribution is -2.28. The summed E-state index contributed by atoms with van der Waals surface area (Å²) in [7, 11) is 0. The minimum Gasteiger partial charge on any atom is -0.491 e. The van der Waals surface area contributed by atoms with Crippen molar-refractivity contribution in [2.24, 2.45) is 11.7 Å². The molecule has 0 saturated heterocycles. The zero-order valence-corrected chi connectivity index (χ0v) is 17.5. The number of carbonyl (C=O) groups is 1. The van der Waals surface area contributed by atoms with Crippen molar-refractivity contribution in [1.29, 1.82) is 0 Å². The van der Waals surface area contributed by atoms with Gasteiger partial charge >= 0.3 is 5.97 Å². The molecule has 3 atom stereocenters. The van der Waals surface area contributed by atoms with E-state index in [2.05, 4.69) is 0 Å². The van der Waals surface area contributed by atoms with Crippen molar-refractivity contribution in [2.75, 3.05) is 19.8 Å². The molecule has 0 saturated carbocycles. The maximum absolute atomic E-state index is 11.6. The van der Waals surface area contributed by atoms with Gasteiger partial charge < -0.3 is 25.1 Å². The molecule has 162 valence electrons. The third-order valence-corrected chi connectivity index (χ3v) is 5.43. The summed E-state index contributed by atoms with van der Waals surface area (Å²) >= 11 is 0. The van der Waals surface area contributed by atoms with Crippen LogP contribution in [-0.2, 0) is 16.0 Å². The van der Waals surface area contributed by atoms with Crippen molar-refractivity contribution in [2.45, 2.75) is 44.8 Å². The molecule has 2 aromatic rings. The Morgan fingerprint density at radius 2 is 1.97 bits per heavy atom. The maximum atomic E-state index is 11.6. The number of rotatable bonds is 9. The van der Waals surface area contributed by atoms with Crippen molar-refractivity contribution in [3.05, 3.63) is 59.7 Å². The number of aliphatic hydroxyl groups excluding tert-OH is 1. The molecule has 6 nitrogen and oxygen atoms in total. The van der Waals surface area contributed by atoms with Gasteiger partial charge in [0.15, 0.2) is 6.61 Å². The van der Waals surface area contributed by atoms with E-state index in [-0.39, 0.29) is 25.2 Å². The number of carbonyl (C=O) groups excluding carboxylic acids is 1. The van der Waals surface area contributed by atoms with Crippen molar-refractivity contribution < 1.29 is 24.1 Å². The highest BCUT2D eigenvalue weighted by Gasteiger charge is 2.27. The molecule has 0 spiro atoms. The number of nitrogens with two attached hydrogens (primary N) is 1. The average molecular weight is 414 g/mol. The Kier molecular flexibility index (Phi) is 8.11. The zero-order chi connectivity index (χ0) is 21.3. The first kappa shape index (κ1) is 22.1. The van der Waals surface area contributed by atoms with Crippen LogP contribution in [0.3, 0.4) is 0 Å². The van der Waals surface area contributed by atoms with E-state index in [1.165, 1.54) is 5.56 Å². The molecule has 2 aromatic carbocycles. The number of hydrogen-bond donors (Lipinski definition) is 2. The Labute approximate surface area is 177 Å². The summed E-state index contributed by atoms with van der Waals surface area (Å²) in [6.07, 6.45) is 2.87. The van der Waals surface area contributed by atoms with E-state index in [9.17, 15) is 9.90 Å². The summed E-state index contributed by atoms with van der Waals surface area (Å²) in [5, 5.41) is 10.5. The summed E-state index contributed by atoms with van der Waals surface area (Å²) in [6.45, 7) is 2.21. The van der Waals surface area contributed by atoms with E-state index in [1.807, 2.05) is 48.5 Å². The van der Waals surface area contributed by atoms with Crippen LogP contribution in [0.2, 0.25) is 0 Å². The Balaban J connectivity index is 1.61. The second-order valence-electron chi connectivity index (χ2n) is 7.65. The van der Waals surface area contributed by atoms with E-state index < -0.39 is 12.1 Å². The predicted molar refractivity (Wildman–Crippen MR) is 114 cm³/mol. The topological polar surface area (TPSA) is 91.0 Å². The van der Waals surface area contributed by atoms with Crippen LogP contribution in [0.1, 0.15) is 43.4 Å². The van der Waals surface area contributed by atoms with Gasteiger partial charge in [0.2, 0.25) is 0 Å². The highest BCUT2D eigenvalue weighted by molar-refractivity contribution is 5.71. The molecule has 0 aliphatic heterocycles. The Morgan fingerprint density at radius 3 is 2.73 bits per heavy atom. The van der Waals surface area contributed by atoms with Gasteiger partial charge in [-0.15, -0.1) is 0 Å². The molecule has 2 unspecified atom stereocenters. The van der Waals surface area contributed by atoms with Gasteiger partial charge in [0.25, 0.3) is 0 Å². The molecular formula is C24H31NO5. The Bertz CT molecular complexity index is 810. The molecule has 6 heteroatoms. The van der Waals surface area contributed by atoms with Crippen LogP contribution in [0.15, 0.2) is 48.5 Å². The monoisotopic (exact) mass is 413 g/mol. The van der Waals surface area contributed by atoms with Crippen molar-refractivity contribution in [3.8, 4) is 11.5 Å². The number of aliphatic hydroxyl groups is 1. The van der Waals surface area contributed by atoms with Gasteiger partial charge in [-0.1, -0.05) is 24.3 Å².